The molecule has 0 saturated heterocycles. The topological polar surface area (TPSA) is 75.7 Å². The van der Waals surface area contributed by atoms with E-state index in [1.807, 2.05) is 13.0 Å². The summed E-state index contributed by atoms with van der Waals surface area (Å²) in [6.45, 7) is 3.37. The van der Waals surface area contributed by atoms with Crippen LogP contribution < -0.4 is 14.4 Å². The molecule has 1 aromatic rings. The first-order chi connectivity index (χ1) is 9.22. The summed E-state index contributed by atoms with van der Waals surface area (Å²) >= 11 is 0. The molecule has 0 aliphatic carbocycles. The minimum Gasteiger partial charge on any atom is -0.495 e. The molecule has 1 atom stereocenters. The number of carbonyl (C=O) groups excluding carboxylic acids is 1. The first kappa shape index (κ1) is 16.3. The van der Waals surface area contributed by atoms with Crippen LogP contribution in [0.5, 0.6) is 5.75 Å². The summed E-state index contributed by atoms with van der Waals surface area (Å²) in [6, 6.07) is 4.30. The van der Waals surface area contributed by atoms with Crippen LogP contribution in [-0.4, -0.2) is 40.8 Å². The Morgan fingerprint density at radius 2 is 2.00 bits per heavy atom. The van der Waals surface area contributed by atoms with Crippen molar-refractivity contribution < 1.29 is 17.9 Å². The third kappa shape index (κ3) is 3.41. The minimum absolute atomic E-state index is 0.353. The number of methoxy groups -OCH3 is 1. The van der Waals surface area contributed by atoms with E-state index in [2.05, 4.69) is 5.32 Å². The summed E-state index contributed by atoms with van der Waals surface area (Å²) < 4.78 is 30.4. The van der Waals surface area contributed by atoms with Crippen molar-refractivity contribution in [2.75, 3.05) is 24.7 Å². The van der Waals surface area contributed by atoms with E-state index >= 15 is 0 Å². The lowest BCUT2D eigenvalue weighted by Crippen LogP contribution is -2.47. The van der Waals surface area contributed by atoms with Crippen LogP contribution in [0.2, 0.25) is 0 Å². The van der Waals surface area contributed by atoms with Crippen molar-refractivity contribution in [3.8, 4) is 5.75 Å². The number of rotatable bonds is 5. The molecule has 0 aromatic heterocycles. The lowest BCUT2D eigenvalue weighted by molar-refractivity contribution is -0.121. The maximum absolute atomic E-state index is 12.1. The van der Waals surface area contributed by atoms with Gasteiger partial charge in [0.05, 0.1) is 19.1 Å². The number of ether oxygens (including phenoxy) is 1. The Bertz CT molecular complexity index is 598. The van der Waals surface area contributed by atoms with E-state index in [1.165, 1.54) is 21.1 Å². The molecular formula is C13H20N2O4S. The zero-order valence-electron chi connectivity index (χ0n) is 12.3. The SMILES string of the molecule is CNC(=O)C(C)N(c1cc(C)ccc1OC)S(C)(=O)=O. The van der Waals surface area contributed by atoms with Gasteiger partial charge in [0.2, 0.25) is 15.9 Å². The quantitative estimate of drug-likeness (QED) is 0.877. The van der Waals surface area contributed by atoms with Gasteiger partial charge in [-0.2, -0.15) is 0 Å². The smallest absolute Gasteiger partial charge is 0.243 e. The lowest BCUT2D eigenvalue weighted by atomic mass is 10.2. The van der Waals surface area contributed by atoms with Gasteiger partial charge in [-0.25, -0.2) is 8.42 Å². The molecule has 1 amide bonds. The number of aryl methyl sites for hydroxylation is 1. The molecule has 112 valence electrons. The fourth-order valence-corrected chi connectivity index (χ4v) is 3.13. The Kier molecular flexibility index (Phi) is 4.99. The van der Waals surface area contributed by atoms with E-state index in [1.54, 1.807) is 12.1 Å². The summed E-state index contributed by atoms with van der Waals surface area (Å²) in [5.41, 5.74) is 1.23. The van der Waals surface area contributed by atoms with E-state index in [0.717, 1.165) is 16.1 Å². The second-order valence-electron chi connectivity index (χ2n) is 4.52. The minimum atomic E-state index is -3.63. The second-order valence-corrected chi connectivity index (χ2v) is 6.38. The summed E-state index contributed by atoms with van der Waals surface area (Å²) in [5, 5.41) is 2.45. The van der Waals surface area contributed by atoms with Gasteiger partial charge in [-0.15, -0.1) is 0 Å². The van der Waals surface area contributed by atoms with Gasteiger partial charge in [0.15, 0.2) is 0 Å². The van der Waals surface area contributed by atoms with Crippen molar-refractivity contribution >= 4 is 21.6 Å². The molecule has 0 saturated carbocycles. The highest BCUT2D eigenvalue weighted by molar-refractivity contribution is 7.92. The number of benzene rings is 1. The molecule has 1 unspecified atom stereocenters. The number of likely N-dealkylation sites (N-methyl/N-ethyl adjacent to an activating group) is 1. The normalized spacial score (nSPS) is 12.7. The molecule has 0 bridgehead atoms. The monoisotopic (exact) mass is 300 g/mol. The molecule has 0 aliphatic heterocycles. The molecule has 1 rings (SSSR count). The van der Waals surface area contributed by atoms with Gasteiger partial charge in [-0.05, 0) is 31.5 Å². The fraction of sp³-hybridized carbons (Fsp3) is 0.462. The number of carbonyl (C=O) groups is 1. The average Bonchev–Trinajstić information content (AvgIpc) is 2.36. The number of sulfonamides is 1. The number of hydrogen-bond acceptors (Lipinski definition) is 4. The predicted octanol–water partition coefficient (Wildman–Crippen LogP) is 0.904. The number of amides is 1. The van der Waals surface area contributed by atoms with Crippen molar-refractivity contribution in [2.45, 2.75) is 19.9 Å². The third-order valence-electron chi connectivity index (χ3n) is 2.91. The molecule has 0 radical (unpaired) electrons. The van der Waals surface area contributed by atoms with Crippen LogP contribution >= 0.6 is 0 Å². The molecule has 1 N–H and O–H groups in total. The van der Waals surface area contributed by atoms with E-state index in [-0.39, 0.29) is 5.91 Å². The fourth-order valence-electron chi connectivity index (χ4n) is 1.96. The molecule has 20 heavy (non-hydrogen) atoms. The van der Waals surface area contributed by atoms with Crippen LogP contribution in [0, 0.1) is 6.92 Å². The Labute approximate surface area is 119 Å². The largest absolute Gasteiger partial charge is 0.495 e. The molecule has 0 spiro atoms. The Hall–Kier alpha value is -1.76. The summed E-state index contributed by atoms with van der Waals surface area (Å²) in [7, 11) is -0.707. The van der Waals surface area contributed by atoms with Gasteiger partial charge in [-0.3, -0.25) is 9.10 Å². The van der Waals surface area contributed by atoms with Crippen molar-refractivity contribution in [3.63, 3.8) is 0 Å². The number of nitrogens with zero attached hydrogens (tertiary/aromatic N) is 1. The summed E-state index contributed by atoms with van der Waals surface area (Å²) in [5.74, 6) is 0.00997. The molecule has 6 nitrogen and oxygen atoms in total. The lowest BCUT2D eigenvalue weighted by Gasteiger charge is -2.29. The molecule has 0 heterocycles. The highest BCUT2D eigenvalue weighted by Gasteiger charge is 2.30. The van der Waals surface area contributed by atoms with E-state index in [4.69, 9.17) is 4.74 Å². The Balaban J connectivity index is 3.47. The maximum Gasteiger partial charge on any atom is 0.243 e. The van der Waals surface area contributed by atoms with E-state index < -0.39 is 16.1 Å². The van der Waals surface area contributed by atoms with Crippen LogP contribution in [-0.2, 0) is 14.8 Å². The van der Waals surface area contributed by atoms with Crippen LogP contribution in [0.15, 0.2) is 18.2 Å². The molecule has 7 heteroatoms. The van der Waals surface area contributed by atoms with Gasteiger partial charge in [-0.1, -0.05) is 6.07 Å². The Morgan fingerprint density at radius 1 is 1.40 bits per heavy atom. The van der Waals surface area contributed by atoms with Gasteiger partial charge >= 0.3 is 0 Å². The average molecular weight is 300 g/mol. The van der Waals surface area contributed by atoms with Crippen LogP contribution in [0.4, 0.5) is 5.69 Å². The highest BCUT2D eigenvalue weighted by atomic mass is 32.2. The van der Waals surface area contributed by atoms with Crippen molar-refractivity contribution in [2.24, 2.45) is 0 Å². The van der Waals surface area contributed by atoms with E-state index in [0.29, 0.717) is 11.4 Å². The maximum atomic E-state index is 12.1. The Morgan fingerprint density at radius 3 is 2.45 bits per heavy atom. The zero-order chi connectivity index (χ0) is 15.5. The summed E-state index contributed by atoms with van der Waals surface area (Å²) in [4.78, 5) is 11.8. The molecule has 1 aromatic carbocycles. The van der Waals surface area contributed by atoms with Crippen LogP contribution in [0.3, 0.4) is 0 Å². The summed E-state index contributed by atoms with van der Waals surface area (Å²) in [6.07, 6.45) is 1.06. The molecule has 0 fully saturated rings. The van der Waals surface area contributed by atoms with Crippen LogP contribution in [0.25, 0.3) is 0 Å². The van der Waals surface area contributed by atoms with E-state index in [9.17, 15) is 13.2 Å². The van der Waals surface area contributed by atoms with Crippen LogP contribution in [0.1, 0.15) is 12.5 Å². The van der Waals surface area contributed by atoms with Crippen molar-refractivity contribution in [1.82, 2.24) is 5.32 Å². The zero-order valence-corrected chi connectivity index (χ0v) is 13.1. The van der Waals surface area contributed by atoms with Gasteiger partial charge in [0, 0.05) is 7.05 Å². The molecular weight excluding hydrogens is 280 g/mol. The first-order valence-corrected chi connectivity index (χ1v) is 7.92. The third-order valence-corrected chi connectivity index (χ3v) is 4.13. The second kappa shape index (κ2) is 6.13. The van der Waals surface area contributed by atoms with Gasteiger partial charge in [0.1, 0.15) is 11.8 Å². The molecule has 0 aliphatic rings. The predicted molar refractivity (Wildman–Crippen MR) is 78.6 cm³/mol. The number of nitrogens with one attached hydrogen (secondary N) is 1. The standard InChI is InChI=1S/C13H20N2O4S/c1-9-6-7-12(19-4)11(8-9)15(20(5,17)18)10(2)13(16)14-3/h6-8,10H,1-5H3,(H,14,16). The van der Waals surface area contributed by atoms with Crippen molar-refractivity contribution in [3.05, 3.63) is 23.8 Å². The highest BCUT2D eigenvalue weighted by Crippen LogP contribution is 2.32. The van der Waals surface area contributed by atoms with Gasteiger partial charge in [0.25, 0.3) is 0 Å². The first-order valence-electron chi connectivity index (χ1n) is 6.08. The van der Waals surface area contributed by atoms with Gasteiger partial charge < -0.3 is 10.1 Å². The number of anilines is 1. The number of hydrogen-bond donors (Lipinski definition) is 1. The van der Waals surface area contributed by atoms with Crippen molar-refractivity contribution in [1.29, 1.82) is 0 Å².